The number of thioether (sulfide) groups is 1. The Balaban J connectivity index is 1.80. The van der Waals surface area contributed by atoms with Crippen molar-refractivity contribution in [3.05, 3.63) is 63.5 Å². The first-order chi connectivity index (χ1) is 11.1. The Morgan fingerprint density at radius 3 is 2.70 bits per heavy atom. The maximum absolute atomic E-state index is 12.1. The maximum Gasteiger partial charge on any atom is 0.264 e. The number of nitrogens with one attached hydrogen (secondary N) is 1. The summed E-state index contributed by atoms with van der Waals surface area (Å²) in [7, 11) is 1.62. The van der Waals surface area contributed by atoms with Crippen LogP contribution in [0.15, 0.2) is 62.9 Å². The van der Waals surface area contributed by atoms with Crippen LogP contribution in [0.2, 0.25) is 0 Å². The molecule has 2 aromatic rings. The van der Waals surface area contributed by atoms with Crippen LogP contribution in [0.5, 0.6) is 5.75 Å². The minimum Gasteiger partial charge on any atom is -0.497 e. The Kier molecular flexibility index (Phi) is 4.83. The second-order valence-electron chi connectivity index (χ2n) is 4.73. The first-order valence-electron chi connectivity index (χ1n) is 6.83. The summed E-state index contributed by atoms with van der Waals surface area (Å²) in [6.07, 6.45) is 1.85. The number of rotatable bonds is 3. The highest BCUT2D eigenvalue weighted by Gasteiger charge is 2.23. The molecule has 2 aromatic carbocycles. The van der Waals surface area contributed by atoms with Crippen molar-refractivity contribution in [1.29, 1.82) is 0 Å². The van der Waals surface area contributed by atoms with Gasteiger partial charge in [-0.05, 0) is 59.8 Å². The van der Waals surface area contributed by atoms with Gasteiger partial charge >= 0.3 is 0 Å². The summed E-state index contributed by atoms with van der Waals surface area (Å²) in [4.78, 5) is 17.1. The summed E-state index contributed by atoms with van der Waals surface area (Å²) < 4.78 is 6.09. The molecule has 3 rings (SSSR count). The van der Waals surface area contributed by atoms with E-state index in [2.05, 4.69) is 26.2 Å². The first-order valence-corrected chi connectivity index (χ1v) is 8.44. The molecule has 1 fully saturated rings. The van der Waals surface area contributed by atoms with Gasteiger partial charge in [-0.2, -0.15) is 0 Å². The first kappa shape index (κ1) is 15.8. The highest BCUT2D eigenvalue weighted by Crippen LogP contribution is 2.29. The zero-order valence-electron chi connectivity index (χ0n) is 12.2. The fourth-order valence-corrected chi connectivity index (χ4v) is 3.26. The standard InChI is InChI=1S/C17H13BrN2O2S/c1-22-14-7-5-13(6-8-14)19-17-20-16(21)15(23-17)10-11-3-2-4-12(18)9-11/h2-10H,1H3,(H,19,20,21). The number of halogens is 1. The fourth-order valence-electron chi connectivity index (χ4n) is 2.00. The SMILES string of the molecule is COc1ccc(N=C2NC(=O)C(=Cc3cccc(Br)c3)S2)cc1. The molecular formula is C17H13BrN2O2S. The van der Waals surface area contributed by atoms with E-state index in [1.54, 1.807) is 7.11 Å². The van der Waals surface area contributed by atoms with Crippen LogP contribution < -0.4 is 10.1 Å². The van der Waals surface area contributed by atoms with Crippen molar-refractivity contribution in [3.8, 4) is 5.75 Å². The van der Waals surface area contributed by atoms with Gasteiger partial charge in [0.15, 0.2) is 5.17 Å². The van der Waals surface area contributed by atoms with E-state index in [0.717, 1.165) is 21.5 Å². The molecule has 1 aliphatic rings. The smallest absolute Gasteiger partial charge is 0.264 e. The summed E-state index contributed by atoms with van der Waals surface area (Å²) in [5, 5.41) is 3.35. The van der Waals surface area contributed by atoms with E-state index in [1.807, 2.05) is 54.6 Å². The van der Waals surface area contributed by atoms with E-state index in [-0.39, 0.29) is 5.91 Å². The molecule has 0 unspecified atom stereocenters. The van der Waals surface area contributed by atoms with Crippen LogP contribution in [0, 0.1) is 0 Å². The molecule has 0 aliphatic carbocycles. The minimum atomic E-state index is -0.137. The van der Waals surface area contributed by atoms with Crippen molar-refractivity contribution in [2.24, 2.45) is 4.99 Å². The average Bonchev–Trinajstić information content (AvgIpc) is 2.87. The molecule has 6 heteroatoms. The molecule has 1 saturated heterocycles. The summed E-state index contributed by atoms with van der Waals surface area (Å²) >= 11 is 4.75. The van der Waals surface area contributed by atoms with Crippen LogP contribution in [-0.2, 0) is 4.79 Å². The Morgan fingerprint density at radius 1 is 1.22 bits per heavy atom. The van der Waals surface area contributed by atoms with Crippen LogP contribution in [-0.4, -0.2) is 18.2 Å². The molecule has 1 N–H and O–H groups in total. The number of hydrogen-bond donors (Lipinski definition) is 1. The Morgan fingerprint density at radius 2 is 2.00 bits per heavy atom. The Hall–Kier alpha value is -2.05. The molecule has 23 heavy (non-hydrogen) atoms. The molecule has 0 radical (unpaired) electrons. The predicted molar refractivity (Wildman–Crippen MR) is 97.9 cm³/mol. The third-order valence-corrected chi connectivity index (χ3v) is 4.50. The highest BCUT2D eigenvalue weighted by molar-refractivity contribution is 9.10. The number of aliphatic imine (C=N–C) groups is 1. The van der Waals surface area contributed by atoms with E-state index in [4.69, 9.17) is 4.74 Å². The van der Waals surface area contributed by atoms with Crippen LogP contribution in [0.3, 0.4) is 0 Å². The van der Waals surface area contributed by atoms with Crippen molar-refractivity contribution in [2.45, 2.75) is 0 Å². The molecule has 0 atom stereocenters. The second kappa shape index (κ2) is 7.02. The van der Waals surface area contributed by atoms with E-state index in [0.29, 0.717) is 10.1 Å². The van der Waals surface area contributed by atoms with Gasteiger partial charge in [0.2, 0.25) is 0 Å². The van der Waals surface area contributed by atoms with Gasteiger partial charge in [-0.25, -0.2) is 4.99 Å². The normalized spacial score (nSPS) is 17.6. The number of carbonyl (C=O) groups is 1. The maximum atomic E-state index is 12.1. The van der Waals surface area contributed by atoms with Gasteiger partial charge in [-0.3, -0.25) is 4.79 Å². The quantitative estimate of drug-likeness (QED) is 0.795. The number of methoxy groups -OCH3 is 1. The van der Waals surface area contributed by atoms with Crippen molar-refractivity contribution in [1.82, 2.24) is 5.32 Å². The number of amides is 1. The van der Waals surface area contributed by atoms with Crippen molar-refractivity contribution >= 4 is 50.5 Å². The minimum absolute atomic E-state index is 0.137. The molecule has 0 saturated carbocycles. The molecule has 0 aromatic heterocycles. The molecular weight excluding hydrogens is 376 g/mol. The lowest BCUT2D eigenvalue weighted by molar-refractivity contribution is -0.115. The van der Waals surface area contributed by atoms with E-state index < -0.39 is 0 Å². The summed E-state index contributed by atoms with van der Waals surface area (Å²) in [5.74, 6) is 0.634. The molecule has 1 heterocycles. The monoisotopic (exact) mass is 388 g/mol. The number of benzene rings is 2. The molecule has 1 aliphatic heterocycles. The molecule has 4 nitrogen and oxygen atoms in total. The second-order valence-corrected chi connectivity index (χ2v) is 6.68. The number of ether oxygens (including phenoxy) is 1. The summed E-state index contributed by atoms with van der Waals surface area (Å²) in [5.41, 5.74) is 1.72. The molecule has 0 spiro atoms. The Labute approximate surface area is 146 Å². The van der Waals surface area contributed by atoms with Gasteiger partial charge in [0.25, 0.3) is 5.91 Å². The van der Waals surface area contributed by atoms with E-state index >= 15 is 0 Å². The summed E-state index contributed by atoms with van der Waals surface area (Å²) in [6.45, 7) is 0. The lowest BCUT2D eigenvalue weighted by atomic mass is 10.2. The van der Waals surface area contributed by atoms with E-state index in [9.17, 15) is 4.79 Å². The average molecular weight is 389 g/mol. The number of nitrogens with zero attached hydrogens (tertiary/aromatic N) is 1. The number of carbonyl (C=O) groups excluding carboxylic acids is 1. The lowest BCUT2D eigenvalue weighted by Gasteiger charge is -1.99. The fraction of sp³-hybridized carbons (Fsp3) is 0.0588. The molecule has 1 amide bonds. The molecule has 116 valence electrons. The number of amidine groups is 1. The number of hydrogen-bond acceptors (Lipinski definition) is 4. The van der Waals surface area contributed by atoms with Gasteiger partial charge in [-0.1, -0.05) is 28.1 Å². The van der Waals surface area contributed by atoms with Gasteiger partial charge in [0.05, 0.1) is 17.7 Å². The van der Waals surface area contributed by atoms with Crippen molar-refractivity contribution in [2.75, 3.05) is 7.11 Å². The summed E-state index contributed by atoms with van der Waals surface area (Å²) in [6, 6.07) is 15.1. The largest absolute Gasteiger partial charge is 0.497 e. The third-order valence-electron chi connectivity index (χ3n) is 3.10. The highest BCUT2D eigenvalue weighted by atomic mass is 79.9. The Bertz CT molecular complexity index is 800. The third kappa shape index (κ3) is 4.03. The van der Waals surface area contributed by atoms with E-state index in [1.165, 1.54) is 11.8 Å². The topological polar surface area (TPSA) is 50.7 Å². The zero-order valence-corrected chi connectivity index (χ0v) is 14.6. The van der Waals surface area contributed by atoms with Gasteiger partial charge in [0, 0.05) is 4.47 Å². The zero-order chi connectivity index (χ0) is 16.2. The van der Waals surface area contributed by atoms with Gasteiger partial charge in [-0.15, -0.1) is 0 Å². The van der Waals surface area contributed by atoms with Crippen LogP contribution in [0.1, 0.15) is 5.56 Å². The van der Waals surface area contributed by atoms with Crippen LogP contribution >= 0.6 is 27.7 Å². The van der Waals surface area contributed by atoms with Gasteiger partial charge < -0.3 is 10.1 Å². The van der Waals surface area contributed by atoms with Crippen LogP contribution in [0.25, 0.3) is 6.08 Å². The van der Waals surface area contributed by atoms with Gasteiger partial charge in [0.1, 0.15) is 5.75 Å². The predicted octanol–water partition coefficient (Wildman–Crippen LogP) is 4.35. The van der Waals surface area contributed by atoms with Crippen LogP contribution in [0.4, 0.5) is 5.69 Å². The van der Waals surface area contributed by atoms with Crippen molar-refractivity contribution < 1.29 is 9.53 Å². The van der Waals surface area contributed by atoms with Crippen molar-refractivity contribution in [3.63, 3.8) is 0 Å². The molecule has 0 bridgehead atoms. The lowest BCUT2D eigenvalue weighted by Crippen LogP contribution is -2.19.